The van der Waals surface area contributed by atoms with Crippen LogP contribution in [-0.2, 0) is 10.2 Å². The van der Waals surface area contributed by atoms with E-state index in [0.717, 1.165) is 51.4 Å². The fraction of sp³-hybridized carbons (Fsp3) is 1.00. The van der Waals surface area contributed by atoms with E-state index in [1.807, 2.05) is 0 Å². The molecule has 0 aliphatic carbocycles. The highest BCUT2D eigenvalue weighted by atomic mass is 35.5. The first kappa shape index (κ1) is 15.5. The normalized spacial score (nSPS) is 27.5. The van der Waals surface area contributed by atoms with Crippen LogP contribution in [0.5, 0.6) is 0 Å². The van der Waals surface area contributed by atoms with Gasteiger partial charge in [-0.15, -0.1) is 11.6 Å². The van der Waals surface area contributed by atoms with Gasteiger partial charge in [-0.1, -0.05) is 12.8 Å². The summed E-state index contributed by atoms with van der Waals surface area (Å²) in [5.74, 6) is 0.619. The molecule has 0 amide bonds. The molecule has 0 N–H and O–H groups in total. The highest BCUT2D eigenvalue weighted by Gasteiger charge is 2.37. The molecule has 0 bridgehead atoms. The Kier molecular flexibility index (Phi) is 5.93. The Hall–Kier alpha value is 0.160. The van der Waals surface area contributed by atoms with Crippen LogP contribution >= 0.6 is 11.6 Å². The Morgan fingerprint density at radius 2 is 1.68 bits per heavy atom. The first-order valence-electron chi connectivity index (χ1n) is 7.49. The van der Waals surface area contributed by atoms with E-state index in [4.69, 9.17) is 11.6 Å². The summed E-state index contributed by atoms with van der Waals surface area (Å²) >= 11 is 5.73. The minimum atomic E-state index is -3.24. The zero-order valence-corrected chi connectivity index (χ0v) is 13.1. The van der Waals surface area contributed by atoms with Gasteiger partial charge in [-0.2, -0.15) is 17.0 Å². The molecule has 0 radical (unpaired) electrons. The van der Waals surface area contributed by atoms with Gasteiger partial charge in [0, 0.05) is 31.6 Å². The number of halogens is 1. The molecule has 1 atom stereocenters. The van der Waals surface area contributed by atoms with E-state index in [-0.39, 0.29) is 6.04 Å². The van der Waals surface area contributed by atoms with Crippen LogP contribution in [0.4, 0.5) is 0 Å². The van der Waals surface area contributed by atoms with Crippen molar-refractivity contribution in [1.29, 1.82) is 0 Å². The van der Waals surface area contributed by atoms with Gasteiger partial charge in [-0.3, -0.25) is 0 Å². The second-order valence-electron chi connectivity index (χ2n) is 5.56. The van der Waals surface area contributed by atoms with Crippen molar-refractivity contribution in [2.24, 2.45) is 0 Å². The minimum Gasteiger partial charge on any atom is -0.195 e. The number of alkyl halides is 1. The predicted octanol–water partition coefficient (Wildman–Crippen LogP) is 2.59. The van der Waals surface area contributed by atoms with Gasteiger partial charge in [0.05, 0.1) is 0 Å². The molecule has 2 aliphatic rings. The zero-order valence-electron chi connectivity index (χ0n) is 11.6. The van der Waals surface area contributed by atoms with Crippen molar-refractivity contribution in [2.75, 3.05) is 25.5 Å². The molecule has 0 aromatic heterocycles. The second-order valence-corrected chi connectivity index (χ2v) is 7.82. The summed E-state index contributed by atoms with van der Waals surface area (Å²) in [6.45, 7) is 2.08. The molecule has 0 aromatic carbocycles. The molecule has 1 unspecified atom stereocenters. The third kappa shape index (κ3) is 3.84. The number of hydrogen-bond acceptors (Lipinski definition) is 2. The average Bonchev–Trinajstić information content (AvgIpc) is 2.69. The van der Waals surface area contributed by atoms with E-state index in [2.05, 4.69) is 0 Å². The lowest BCUT2D eigenvalue weighted by Gasteiger charge is -2.30. The number of nitrogens with zero attached hydrogens (tertiary/aromatic N) is 2. The number of rotatable bonds is 5. The quantitative estimate of drug-likeness (QED) is 0.733. The summed E-state index contributed by atoms with van der Waals surface area (Å²) in [4.78, 5) is 0. The van der Waals surface area contributed by atoms with Gasteiger partial charge in [0.15, 0.2) is 0 Å². The highest BCUT2D eigenvalue weighted by Crippen LogP contribution is 2.27. The van der Waals surface area contributed by atoms with Crippen LogP contribution in [0.2, 0.25) is 0 Å². The van der Waals surface area contributed by atoms with Gasteiger partial charge in [0.25, 0.3) is 10.2 Å². The van der Waals surface area contributed by atoms with Crippen LogP contribution in [0.3, 0.4) is 0 Å². The standard InChI is InChI=1S/C13H25ClN2O2S/c14-9-5-7-13-8-6-12-16(13)19(17,18)15-10-3-1-2-4-11-15/h13H,1-12H2. The molecule has 0 spiro atoms. The number of hydrogen-bond donors (Lipinski definition) is 0. The molecule has 4 nitrogen and oxygen atoms in total. The van der Waals surface area contributed by atoms with Crippen molar-refractivity contribution in [3.05, 3.63) is 0 Å². The zero-order chi connectivity index (χ0) is 13.7. The molecule has 0 aromatic rings. The average molecular weight is 309 g/mol. The summed E-state index contributed by atoms with van der Waals surface area (Å²) in [5, 5.41) is 0. The SMILES string of the molecule is O=S(=O)(N1CCCCCC1)N1CCCC1CCCCl. The molecule has 2 rings (SSSR count). The van der Waals surface area contributed by atoms with Crippen LogP contribution in [-0.4, -0.2) is 48.6 Å². The van der Waals surface area contributed by atoms with Crippen LogP contribution < -0.4 is 0 Å². The van der Waals surface area contributed by atoms with Gasteiger partial charge < -0.3 is 0 Å². The minimum absolute atomic E-state index is 0.173. The summed E-state index contributed by atoms with van der Waals surface area (Å²) in [6.07, 6.45) is 8.08. The third-order valence-corrected chi connectivity index (χ3v) is 6.54. The summed E-state index contributed by atoms with van der Waals surface area (Å²) in [5.41, 5.74) is 0. The Labute approximate surface area is 122 Å². The largest absolute Gasteiger partial charge is 0.282 e. The third-order valence-electron chi connectivity index (χ3n) is 4.18. The van der Waals surface area contributed by atoms with Gasteiger partial charge in [0.1, 0.15) is 0 Å². The van der Waals surface area contributed by atoms with Crippen LogP contribution in [0.25, 0.3) is 0 Å². The van der Waals surface area contributed by atoms with E-state index in [9.17, 15) is 8.42 Å². The Balaban J connectivity index is 2.04. The maximum Gasteiger partial charge on any atom is 0.282 e. The second kappa shape index (κ2) is 7.25. The molecular weight excluding hydrogens is 284 g/mol. The van der Waals surface area contributed by atoms with E-state index in [1.54, 1.807) is 8.61 Å². The van der Waals surface area contributed by atoms with Crippen LogP contribution in [0.1, 0.15) is 51.4 Å². The molecular formula is C13H25ClN2O2S. The fourth-order valence-corrected chi connectivity index (χ4v) is 5.25. The maximum atomic E-state index is 12.7. The Morgan fingerprint density at radius 1 is 1.00 bits per heavy atom. The summed E-state index contributed by atoms with van der Waals surface area (Å²) < 4.78 is 28.9. The van der Waals surface area contributed by atoms with Gasteiger partial charge in [-0.25, -0.2) is 0 Å². The molecule has 19 heavy (non-hydrogen) atoms. The lowest BCUT2D eigenvalue weighted by Crippen LogP contribution is -2.46. The fourth-order valence-electron chi connectivity index (χ4n) is 3.13. The maximum absolute atomic E-state index is 12.7. The summed E-state index contributed by atoms with van der Waals surface area (Å²) in [6, 6.07) is 0.173. The molecule has 112 valence electrons. The van der Waals surface area contributed by atoms with Crippen LogP contribution in [0, 0.1) is 0 Å². The lowest BCUT2D eigenvalue weighted by molar-refractivity contribution is 0.317. The van der Waals surface area contributed by atoms with E-state index < -0.39 is 10.2 Å². The topological polar surface area (TPSA) is 40.6 Å². The van der Waals surface area contributed by atoms with Crippen molar-refractivity contribution in [3.8, 4) is 0 Å². The molecule has 2 fully saturated rings. The molecule has 2 saturated heterocycles. The first-order valence-corrected chi connectivity index (χ1v) is 9.42. The lowest BCUT2D eigenvalue weighted by atomic mass is 10.1. The van der Waals surface area contributed by atoms with E-state index >= 15 is 0 Å². The predicted molar refractivity (Wildman–Crippen MR) is 78.6 cm³/mol. The molecule has 2 aliphatic heterocycles. The van der Waals surface area contributed by atoms with Gasteiger partial charge in [0.2, 0.25) is 0 Å². The monoisotopic (exact) mass is 308 g/mol. The van der Waals surface area contributed by atoms with Gasteiger partial charge in [-0.05, 0) is 38.5 Å². The van der Waals surface area contributed by atoms with Crippen molar-refractivity contribution >= 4 is 21.8 Å². The first-order chi connectivity index (χ1) is 9.16. The Morgan fingerprint density at radius 3 is 2.32 bits per heavy atom. The van der Waals surface area contributed by atoms with E-state index in [0.29, 0.717) is 25.5 Å². The Bertz CT molecular complexity index is 367. The molecule has 0 saturated carbocycles. The molecule has 2 heterocycles. The van der Waals surface area contributed by atoms with Gasteiger partial charge >= 0.3 is 0 Å². The van der Waals surface area contributed by atoms with Crippen molar-refractivity contribution in [3.63, 3.8) is 0 Å². The molecule has 6 heteroatoms. The van der Waals surface area contributed by atoms with Crippen LogP contribution in [0.15, 0.2) is 0 Å². The van der Waals surface area contributed by atoms with Crippen molar-refractivity contribution in [2.45, 2.75) is 57.4 Å². The van der Waals surface area contributed by atoms with Crippen molar-refractivity contribution < 1.29 is 8.42 Å². The van der Waals surface area contributed by atoms with Crippen molar-refractivity contribution in [1.82, 2.24) is 8.61 Å². The van der Waals surface area contributed by atoms with E-state index in [1.165, 1.54) is 0 Å². The smallest absolute Gasteiger partial charge is 0.195 e. The summed E-state index contributed by atoms with van der Waals surface area (Å²) in [7, 11) is -3.24. The highest BCUT2D eigenvalue weighted by molar-refractivity contribution is 7.86.